The van der Waals surface area contributed by atoms with E-state index in [0.717, 1.165) is 11.3 Å². The topological polar surface area (TPSA) is 24.4 Å². The standard InChI is InChI=1S/C15H15ClN2/c1-11-7-8-12(2)13(9-11)10-17-18-15-6-4-3-5-14(15)16/h3-10,18H,1-2H3/b17-10-. The van der Waals surface area contributed by atoms with Gasteiger partial charge in [0.15, 0.2) is 0 Å². The number of benzene rings is 2. The van der Waals surface area contributed by atoms with Crippen LogP contribution in [0.15, 0.2) is 47.6 Å². The molecule has 0 unspecified atom stereocenters. The Morgan fingerprint density at radius 2 is 1.89 bits per heavy atom. The van der Waals surface area contributed by atoms with Gasteiger partial charge in [-0.3, -0.25) is 5.43 Å². The number of hydrogen-bond acceptors (Lipinski definition) is 2. The van der Waals surface area contributed by atoms with Gasteiger partial charge >= 0.3 is 0 Å². The molecule has 0 aliphatic carbocycles. The van der Waals surface area contributed by atoms with E-state index in [2.05, 4.69) is 42.6 Å². The van der Waals surface area contributed by atoms with Crippen molar-refractivity contribution < 1.29 is 0 Å². The van der Waals surface area contributed by atoms with Crippen LogP contribution in [0.5, 0.6) is 0 Å². The second kappa shape index (κ2) is 5.69. The summed E-state index contributed by atoms with van der Waals surface area (Å²) in [4.78, 5) is 0. The molecule has 0 atom stereocenters. The van der Waals surface area contributed by atoms with Gasteiger partial charge in [0, 0.05) is 0 Å². The fraction of sp³-hybridized carbons (Fsp3) is 0.133. The van der Waals surface area contributed by atoms with Gasteiger partial charge in [0.25, 0.3) is 0 Å². The predicted molar refractivity (Wildman–Crippen MR) is 78.6 cm³/mol. The molecule has 2 rings (SSSR count). The molecule has 0 aliphatic heterocycles. The molecule has 0 bridgehead atoms. The Morgan fingerprint density at radius 1 is 1.11 bits per heavy atom. The maximum atomic E-state index is 6.03. The zero-order valence-corrected chi connectivity index (χ0v) is 11.2. The monoisotopic (exact) mass is 258 g/mol. The van der Waals surface area contributed by atoms with E-state index in [4.69, 9.17) is 11.6 Å². The third-order valence-electron chi connectivity index (χ3n) is 2.70. The molecule has 3 heteroatoms. The molecule has 2 aromatic carbocycles. The largest absolute Gasteiger partial charge is 0.277 e. The van der Waals surface area contributed by atoms with Crippen LogP contribution < -0.4 is 5.43 Å². The lowest BCUT2D eigenvalue weighted by Crippen LogP contribution is -1.93. The number of rotatable bonds is 3. The highest BCUT2D eigenvalue weighted by atomic mass is 35.5. The van der Waals surface area contributed by atoms with E-state index >= 15 is 0 Å². The minimum absolute atomic E-state index is 0.663. The molecule has 0 saturated carbocycles. The van der Waals surface area contributed by atoms with E-state index in [1.807, 2.05) is 30.5 Å². The molecule has 0 aromatic heterocycles. The first-order valence-corrected chi connectivity index (χ1v) is 6.15. The summed E-state index contributed by atoms with van der Waals surface area (Å²) in [7, 11) is 0. The lowest BCUT2D eigenvalue weighted by molar-refractivity contribution is 1.33. The van der Waals surface area contributed by atoms with Crippen LogP contribution in [0.25, 0.3) is 0 Å². The van der Waals surface area contributed by atoms with Crippen LogP contribution in [0.3, 0.4) is 0 Å². The van der Waals surface area contributed by atoms with Crippen LogP contribution >= 0.6 is 11.6 Å². The Labute approximate surface area is 112 Å². The van der Waals surface area contributed by atoms with Gasteiger partial charge in [-0.15, -0.1) is 0 Å². The Kier molecular flexibility index (Phi) is 4.00. The molecular weight excluding hydrogens is 244 g/mol. The summed E-state index contributed by atoms with van der Waals surface area (Å²) in [5.74, 6) is 0. The maximum absolute atomic E-state index is 6.03. The third-order valence-corrected chi connectivity index (χ3v) is 3.03. The van der Waals surface area contributed by atoms with Crippen molar-refractivity contribution in [1.29, 1.82) is 0 Å². The molecule has 18 heavy (non-hydrogen) atoms. The predicted octanol–water partition coefficient (Wildman–Crippen LogP) is 4.40. The van der Waals surface area contributed by atoms with Gasteiger partial charge in [-0.2, -0.15) is 5.10 Å². The molecule has 0 heterocycles. The van der Waals surface area contributed by atoms with Crippen LogP contribution in [-0.4, -0.2) is 6.21 Å². The molecule has 2 nitrogen and oxygen atoms in total. The number of anilines is 1. The van der Waals surface area contributed by atoms with E-state index < -0.39 is 0 Å². The van der Waals surface area contributed by atoms with Gasteiger partial charge < -0.3 is 0 Å². The van der Waals surface area contributed by atoms with Gasteiger partial charge in [0.1, 0.15) is 0 Å². The molecule has 0 amide bonds. The molecule has 0 fully saturated rings. The number of aryl methyl sites for hydroxylation is 2. The van der Waals surface area contributed by atoms with E-state index in [1.54, 1.807) is 0 Å². The highest BCUT2D eigenvalue weighted by molar-refractivity contribution is 6.33. The van der Waals surface area contributed by atoms with Crippen LogP contribution in [0, 0.1) is 13.8 Å². The van der Waals surface area contributed by atoms with Crippen LogP contribution in [0.2, 0.25) is 5.02 Å². The molecule has 0 spiro atoms. The van der Waals surface area contributed by atoms with E-state index in [1.165, 1.54) is 11.1 Å². The van der Waals surface area contributed by atoms with Crippen molar-refractivity contribution >= 4 is 23.5 Å². The van der Waals surface area contributed by atoms with Crippen molar-refractivity contribution in [2.24, 2.45) is 5.10 Å². The Hall–Kier alpha value is -1.80. The van der Waals surface area contributed by atoms with Gasteiger partial charge in [-0.05, 0) is 37.1 Å². The minimum atomic E-state index is 0.663. The smallest absolute Gasteiger partial charge is 0.0748 e. The van der Waals surface area contributed by atoms with Crippen molar-refractivity contribution in [1.82, 2.24) is 0 Å². The zero-order chi connectivity index (χ0) is 13.0. The summed E-state index contributed by atoms with van der Waals surface area (Å²) in [5, 5.41) is 4.88. The molecule has 0 radical (unpaired) electrons. The second-order valence-corrected chi connectivity index (χ2v) is 4.62. The fourth-order valence-corrected chi connectivity index (χ4v) is 1.80. The van der Waals surface area contributed by atoms with Crippen LogP contribution in [0.1, 0.15) is 16.7 Å². The quantitative estimate of drug-likeness (QED) is 0.640. The second-order valence-electron chi connectivity index (χ2n) is 4.21. The van der Waals surface area contributed by atoms with Crippen LogP contribution in [-0.2, 0) is 0 Å². The number of nitrogens with one attached hydrogen (secondary N) is 1. The molecule has 0 aliphatic rings. The number of hydrazone groups is 1. The Morgan fingerprint density at radius 3 is 2.67 bits per heavy atom. The number of hydrogen-bond donors (Lipinski definition) is 1. The van der Waals surface area contributed by atoms with E-state index in [9.17, 15) is 0 Å². The highest BCUT2D eigenvalue weighted by Crippen LogP contribution is 2.20. The lowest BCUT2D eigenvalue weighted by atomic mass is 10.1. The van der Waals surface area contributed by atoms with Crippen LogP contribution in [0.4, 0.5) is 5.69 Å². The summed E-state index contributed by atoms with van der Waals surface area (Å²) in [6.45, 7) is 4.13. The maximum Gasteiger partial charge on any atom is 0.0748 e. The summed E-state index contributed by atoms with van der Waals surface area (Å²) >= 11 is 6.03. The lowest BCUT2D eigenvalue weighted by Gasteiger charge is -2.03. The number of nitrogens with zero attached hydrogens (tertiary/aromatic N) is 1. The third kappa shape index (κ3) is 3.11. The van der Waals surface area contributed by atoms with Crippen molar-refractivity contribution in [3.05, 3.63) is 64.2 Å². The minimum Gasteiger partial charge on any atom is -0.277 e. The van der Waals surface area contributed by atoms with E-state index in [0.29, 0.717) is 5.02 Å². The summed E-state index contributed by atoms with van der Waals surface area (Å²) in [6, 6.07) is 13.8. The fourth-order valence-electron chi connectivity index (χ4n) is 1.62. The highest BCUT2D eigenvalue weighted by Gasteiger charge is 1.97. The number of halogens is 1. The molecule has 0 saturated heterocycles. The summed E-state index contributed by atoms with van der Waals surface area (Å²) in [6.07, 6.45) is 1.81. The van der Waals surface area contributed by atoms with Gasteiger partial charge in [0.05, 0.1) is 16.9 Å². The Balaban J connectivity index is 2.12. The molecule has 2 aromatic rings. The average molecular weight is 259 g/mol. The first-order chi connectivity index (χ1) is 8.66. The first-order valence-electron chi connectivity index (χ1n) is 5.77. The number of para-hydroxylation sites is 1. The summed E-state index contributed by atoms with van der Waals surface area (Å²) in [5.41, 5.74) is 7.28. The van der Waals surface area contributed by atoms with Gasteiger partial charge in [-0.1, -0.05) is 47.5 Å². The van der Waals surface area contributed by atoms with Crippen molar-refractivity contribution in [3.8, 4) is 0 Å². The molecule has 1 N–H and O–H groups in total. The summed E-state index contributed by atoms with van der Waals surface area (Å²) < 4.78 is 0. The van der Waals surface area contributed by atoms with Crippen molar-refractivity contribution in [2.75, 3.05) is 5.43 Å². The SMILES string of the molecule is Cc1ccc(C)c(/C=N\Nc2ccccc2Cl)c1. The first kappa shape index (κ1) is 12.7. The van der Waals surface area contributed by atoms with Crippen molar-refractivity contribution in [2.45, 2.75) is 13.8 Å². The van der Waals surface area contributed by atoms with Gasteiger partial charge in [0.2, 0.25) is 0 Å². The molecular formula is C15H15ClN2. The Bertz CT molecular complexity index is 576. The zero-order valence-electron chi connectivity index (χ0n) is 10.4. The van der Waals surface area contributed by atoms with Crippen molar-refractivity contribution in [3.63, 3.8) is 0 Å². The average Bonchev–Trinajstić information content (AvgIpc) is 2.36. The molecule has 92 valence electrons. The van der Waals surface area contributed by atoms with E-state index in [-0.39, 0.29) is 0 Å². The van der Waals surface area contributed by atoms with Gasteiger partial charge in [-0.25, -0.2) is 0 Å². The normalized spacial score (nSPS) is 10.8.